The van der Waals surface area contributed by atoms with Crippen LogP contribution in [0.25, 0.3) is 11.0 Å². The monoisotopic (exact) mass is 519 g/mol. The Balaban J connectivity index is 1.64. The number of phenols is 1. The average molecular weight is 520 g/mol. The summed E-state index contributed by atoms with van der Waals surface area (Å²) in [7, 11) is 1.61. The molecule has 0 aliphatic carbocycles. The number of carbonyl (C=O) groups is 1. The number of aromatic hydroxyl groups is 1. The van der Waals surface area contributed by atoms with Crippen LogP contribution in [-0.2, 0) is 6.42 Å². The molecule has 7 nitrogen and oxygen atoms in total. The van der Waals surface area contributed by atoms with Gasteiger partial charge in [-0.2, -0.15) is 0 Å². The molecule has 1 aliphatic heterocycles. The maximum absolute atomic E-state index is 13.8. The van der Waals surface area contributed by atoms with Crippen molar-refractivity contribution in [1.29, 1.82) is 0 Å². The Morgan fingerprint density at radius 3 is 2.54 bits per heavy atom. The molecule has 1 aromatic heterocycles. The Kier molecular flexibility index (Phi) is 6.56. The van der Waals surface area contributed by atoms with Gasteiger partial charge in [-0.1, -0.05) is 29.8 Å². The Bertz CT molecular complexity index is 1560. The molecule has 190 valence electrons. The highest BCUT2D eigenvalue weighted by Gasteiger charge is 2.42. The van der Waals surface area contributed by atoms with Crippen molar-refractivity contribution in [3.8, 4) is 17.2 Å². The summed E-state index contributed by atoms with van der Waals surface area (Å²) in [6.45, 7) is 4.31. The highest BCUT2D eigenvalue weighted by atomic mass is 35.5. The van der Waals surface area contributed by atoms with E-state index in [1.54, 1.807) is 36.3 Å². The van der Waals surface area contributed by atoms with Gasteiger partial charge in [-0.15, -0.1) is 0 Å². The van der Waals surface area contributed by atoms with Crippen LogP contribution in [0.1, 0.15) is 45.8 Å². The Hall–Kier alpha value is -3.97. The van der Waals surface area contributed by atoms with E-state index in [9.17, 15) is 14.7 Å². The summed E-state index contributed by atoms with van der Waals surface area (Å²) in [5, 5.41) is 11.0. The largest absolute Gasteiger partial charge is 0.504 e. The number of benzene rings is 3. The average Bonchev–Trinajstić information content (AvgIpc) is 3.17. The lowest BCUT2D eigenvalue weighted by atomic mass is 9.97. The van der Waals surface area contributed by atoms with E-state index in [0.717, 1.165) is 16.9 Å². The third-order valence-electron chi connectivity index (χ3n) is 6.65. The summed E-state index contributed by atoms with van der Waals surface area (Å²) in [5.41, 5.74) is 2.64. The zero-order valence-corrected chi connectivity index (χ0v) is 21.5. The van der Waals surface area contributed by atoms with Crippen LogP contribution >= 0.6 is 11.6 Å². The molecule has 2 heterocycles. The van der Waals surface area contributed by atoms with Crippen molar-refractivity contribution < 1.29 is 23.8 Å². The van der Waals surface area contributed by atoms with Crippen molar-refractivity contribution >= 4 is 28.5 Å². The summed E-state index contributed by atoms with van der Waals surface area (Å²) in [6.07, 6.45) is 0.551. The molecule has 0 radical (unpaired) electrons. The van der Waals surface area contributed by atoms with E-state index in [1.807, 2.05) is 38.1 Å². The van der Waals surface area contributed by atoms with Gasteiger partial charge in [0.25, 0.3) is 5.91 Å². The van der Waals surface area contributed by atoms with Crippen molar-refractivity contribution in [1.82, 2.24) is 4.90 Å². The van der Waals surface area contributed by atoms with Crippen molar-refractivity contribution in [3.63, 3.8) is 0 Å². The number of phenolic OH excluding ortho intramolecular Hbond substituents is 1. The fourth-order valence-corrected chi connectivity index (χ4v) is 4.90. The second-order valence-corrected chi connectivity index (χ2v) is 9.34. The number of methoxy groups -OCH3 is 1. The zero-order chi connectivity index (χ0) is 26.3. The number of rotatable bonds is 7. The van der Waals surface area contributed by atoms with Crippen LogP contribution in [-0.4, -0.2) is 36.2 Å². The first-order valence-electron chi connectivity index (χ1n) is 12.0. The minimum absolute atomic E-state index is 0.0185. The first kappa shape index (κ1) is 24.7. The van der Waals surface area contributed by atoms with Gasteiger partial charge in [0.2, 0.25) is 5.76 Å². The third-order valence-corrected chi connectivity index (χ3v) is 7.05. The Labute approximate surface area is 218 Å². The number of carbonyl (C=O) groups excluding carboxylic acids is 1. The molecule has 0 fully saturated rings. The minimum Gasteiger partial charge on any atom is -0.504 e. The fourth-order valence-electron chi connectivity index (χ4n) is 4.73. The summed E-state index contributed by atoms with van der Waals surface area (Å²) in [5.74, 6) is 0.651. The summed E-state index contributed by atoms with van der Waals surface area (Å²) in [4.78, 5) is 29.1. The summed E-state index contributed by atoms with van der Waals surface area (Å²) in [6, 6.07) is 15.0. The van der Waals surface area contributed by atoms with Crippen molar-refractivity contribution in [2.75, 3.05) is 20.3 Å². The Morgan fingerprint density at radius 1 is 1.08 bits per heavy atom. The van der Waals surface area contributed by atoms with Gasteiger partial charge in [-0.25, -0.2) is 0 Å². The first-order chi connectivity index (χ1) is 17.8. The normalized spacial score (nSPS) is 14.8. The molecule has 0 saturated carbocycles. The number of amides is 1. The lowest BCUT2D eigenvalue weighted by molar-refractivity contribution is 0.0729. The quantitative estimate of drug-likeness (QED) is 0.339. The van der Waals surface area contributed by atoms with Gasteiger partial charge >= 0.3 is 0 Å². The van der Waals surface area contributed by atoms with Gasteiger partial charge in [0.15, 0.2) is 16.9 Å². The fraction of sp³-hybridized carbons (Fsp3) is 0.241. The van der Waals surface area contributed by atoms with Crippen molar-refractivity contribution in [2.45, 2.75) is 26.3 Å². The van der Waals surface area contributed by atoms with Gasteiger partial charge in [0, 0.05) is 11.6 Å². The van der Waals surface area contributed by atoms with Gasteiger partial charge in [-0.05, 0) is 73.4 Å². The van der Waals surface area contributed by atoms with Crippen molar-refractivity contribution in [3.05, 3.63) is 97.9 Å². The number of nitrogens with zero attached hydrogens (tertiary/aromatic N) is 1. The number of ether oxygens (including phenoxy) is 2. The van der Waals surface area contributed by atoms with E-state index in [-0.39, 0.29) is 34.2 Å². The number of aryl methyl sites for hydroxylation is 1. The van der Waals surface area contributed by atoms with Crippen LogP contribution in [0.15, 0.2) is 63.8 Å². The van der Waals surface area contributed by atoms with Crippen LogP contribution in [0.4, 0.5) is 0 Å². The van der Waals surface area contributed by atoms with Crippen LogP contribution in [0.5, 0.6) is 17.2 Å². The number of fused-ring (bicyclic) bond motifs is 2. The van der Waals surface area contributed by atoms with Crippen LogP contribution in [0.3, 0.4) is 0 Å². The standard InChI is InChI=1S/C29H26ClNO6/c1-4-36-24-14-18(7-10-22(24)32)26-25-27(33)20-15-21(30)16(2)13-23(20)37-28(25)29(34)31(26)12-11-17-5-8-19(35-3)9-6-17/h5-10,13-15,26,32H,4,11-12H2,1-3H3/t26-/m0/s1. The second kappa shape index (κ2) is 9.82. The molecule has 1 amide bonds. The molecule has 37 heavy (non-hydrogen) atoms. The molecule has 0 bridgehead atoms. The van der Waals surface area contributed by atoms with Gasteiger partial charge in [-0.3, -0.25) is 9.59 Å². The molecule has 4 aromatic rings. The molecule has 5 rings (SSSR count). The molecule has 1 atom stereocenters. The van der Waals surface area contributed by atoms with Crippen LogP contribution in [0, 0.1) is 6.92 Å². The lowest BCUT2D eigenvalue weighted by Crippen LogP contribution is -2.31. The second-order valence-electron chi connectivity index (χ2n) is 8.93. The molecule has 0 unspecified atom stereocenters. The Morgan fingerprint density at radius 2 is 1.84 bits per heavy atom. The number of halogens is 1. The highest BCUT2D eigenvalue weighted by Crippen LogP contribution is 2.41. The summed E-state index contributed by atoms with van der Waals surface area (Å²) >= 11 is 6.32. The molecule has 0 saturated heterocycles. The van der Waals surface area contributed by atoms with Gasteiger partial charge in [0.05, 0.1) is 30.7 Å². The van der Waals surface area contributed by atoms with E-state index in [1.165, 1.54) is 6.07 Å². The van der Waals surface area contributed by atoms with E-state index in [4.69, 9.17) is 25.5 Å². The van der Waals surface area contributed by atoms with E-state index in [0.29, 0.717) is 41.1 Å². The van der Waals surface area contributed by atoms with Gasteiger partial charge in [0.1, 0.15) is 11.3 Å². The minimum atomic E-state index is -0.721. The maximum Gasteiger partial charge on any atom is 0.290 e. The molecule has 1 N–H and O–H groups in total. The number of hydrogen-bond donors (Lipinski definition) is 1. The molecule has 1 aliphatic rings. The SMILES string of the molecule is CCOc1cc([C@H]2c3c(oc4cc(C)c(Cl)cc4c3=O)C(=O)N2CCc2ccc(OC)cc2)ccc1O. The highest BCUT2D eigenvalue weighted by molar-refractivity contribution is 6.32. The van der Waals surface area contributed by atoms with E-state index < -0.39 is 6.04 Å². The van der Waals surface area contributed by atoms with E-state index >= 15 is 0 Å². The number of hydrogen-bond acceptors (Lipinski definition) is 6. The maximum atomic E-state index is 13.8. The van der Waals surface area contributed by atoms with Crippen LogP contribution in [0.2, 0.25) is 5.02 Å². The van der Waals surface area contributed by atoms with E-state index in [2.05, 4.69) is 0 Å². The smallest absolute Gasteiger partial charge is 0.290 e. The third kappa shape index (κ3) is 4.40. The topological polar surface area (TPSA) is 89.2 Å². The van der Waals surface area contributed by atoms with Crippen molar-refractivity contribution in [2.24, 2.45) is 0 Å². The molecule has 0 spiro atoms. The van der Waals surface area contributed by atoms with Crippen LogP contribution < -0.4 is 14.9 Å². The molecular weight excluding hydrogens is 494 g/mol. The summed E-state index contributed by atoms with van der Waals surface area (Å²) < 4.78 is 16.9. The zero-order valence-electron chi connectivity index (χ0n) is 20.7. The lowest BCUT2D eigenvalue weighted by Gasteiger charge is -2.25. The molecular formula is C29H26ClNO6. The molecule has 8 heteroatoms. The predicted molar refractivity (Wildman–Crippen MR) is 141 cm³/mol. The van der Waals surface area contributed by atoms with Gasteiger partial charge < -0.3 is 23.9 Å². The predicted octanol–water partition coefficient (Wildman–Crippen LogP) is 5.66. The first-order valence-corrected chi connectivity index (χ1v) is 12.4. The molecule has 3 aromatic carbocycles.